The van der Waals surface area contributed by atoms with Crippen molar-refractivity contribution in [1.82, 2.24) is 10.2 Å². The van der Waals surface area contributed by atoms with Gasteiger partial charge < -0.3 is 10.2 Å². The molecule has 0 spiro atoms. The van der Waals surface area contributed by atoms with Gasteiger partial charge in [-0.15, -0.1) is 24.2 Å². The van der Waals surface area contributed by atoms with Gasteiger partial charge in [-0.05, 0) is 57.1 Å². The molecule has 0 aliphatic carbocycles. The summed E-state index contributed by atoms with van der Waals surface area (Å²) in [6, 6.07) is 8.26. The number of carbonyl (C=O) groups excluding carboxylic acids is 1. The maximum atomic E-state index is 12.7. The number of fused-ring (bicyclic) bond motifs is 1. The van der Waals surface area contributed by atoms with Crippen molar-refractivity contribution in [3.05, 3.63) is 24.3 Å². The summed E-state index contributed by atoms with van der Waals surface area (Å²) >= 11 is 1.85. The summed E-state index contributed by atoms with van der Waals surface area (Å²) in [5, 5.41) is 3.44. The van der Waals surface area contributed by atoms with Gasteiger partial charge in [-0.25, -0.2) is 0 Å². The molecule has 134 valence electrons. The average molecular weight is 370 g/mol. The second-order valence-corrected chi connectivity index (χ2v) is 7.53. The molecule has 1 saturated heterocycles. The molecule has 0 aromatic heterocycles. The Labute approximate surface area is 155 Å². The zero-order valence-electron chi connectivity index (χ0n) is 14.4. The number of likely N-dealkylation sites (tertiary alicyclic amines) is 1. The van der Waals surface area contributed by atoms with E-state index in [1.165, 1.54) is 17.7 Å². The van der Waals surface area contributed by atoms with Crippen LogP contribution in [0.3, 0.4) is 0 Å². The van der Waals surface area contributed by atoms with Crippen LogP contribution in [0.25, 0.3) is 0 Å². The first-order chi connectivity index (χ1) is 11.3. The minimum absolute atomic E-state index is 0. The molecule has 6 heteroatoms. The normalized spacial score (nSPS) is 18.8. The quantitative estimate of drug-likeness (QED) is 0.865. The molecule has 2 aliphatic heterocycles. The van der Waals surface area contributed by atoms with Gasteiger partial charge in [-0.1, -0.05) is 19.1 Å². The van der Waals surface area contributed by atoms with Gasteiger partial charge in [-0.3, -0.25) is 9.69 Å². The number of halogens is 1. The largest absolute Gasteiger partial charge is 0.317 e. The highest BCUT2D eigenvalue weighted by Gasteiger charge is 2.26. The summed E-state index contributed by atoms with van der Waals surface area (Å²) in [6.07, 6.45) is 2.40. The van der Waals surface area contributed by atoms with Crippen LogP contribution in [0, 0.1) is 5.92 Å². The van der Waals surface area contributed by atoms with E-state index in [4.69, 9.17) is 0 Å². The van der Waals surface area contributed by atoms with Crippen molar-refractivity contribution in [2.45, 2.75) is 24.7 Å². The van der Waals surface area contributed by atoms with Crippen LogP contribution in [0.4, 0.5) is 5.69 Å². The number of benzene rings is 1. The van der Waals surface area contributed by atoms with Crippen molar-refractivity contribution in [2.75, 3.05) is 49.9 Å². The third-order valence-electron chi connectivity index (χ3n) is 4.78. The number of rotatable bonds is 5. The molecular formula is C18H28ClN3OS. The molecule has 4 nitrogen and oxygen atoms in total. The van der Waals surface area contributed by atoms with Crippen molar-refractivity contribution >= 4 is 35.8 Å². The lowest BCUT2D eigenvalue weighted by atomic mass is 9.97. The fraction of sp³-hybridized carbons (Fsp3) is 0.611. The molecule has 1 amide bonds. The standard InChI is InChI=1S/C18H27N3OS.ClH/c1-2-19-13-15-7-9-20(10-8-15)14-18(22)21-11-12-23-17-6-4-3-5-16(17)21;/h3-6,15,19H,2,7-14H2,1H3;1H. The summed E-state index contributed by atoms with van der Waals surface area (Å²) in [5.41, 5.74) is 1.09. The van der Waals surface area contributed by atoms with Crippen molar-refractivity contribution < 1.29 is 4.79 Å². The van der Waals surface area contributed by atoms with E-state index >= 15 is 0 Å². The van der Waals surface area contributed by atoms with Crippen LogP contribution in [0.15, 0.2) is 29.2 Å². The first kappa shape index (κ1) is 19.6. The molecule has 2 heterocycles. The number of thioether (sulfide) groups is 1. The molecule has 1 aromatic carbocycles. The number of piperidine rings is 1. The zero-order valence-corrected chi connectivity index (χ0v) is 16.0. The van der Waals surface area contributed by atoms with Crippen LogP contribution in [-0.2, 0) is 4.79 Å². The smallest absolute Gasteiger partial charge is 0.241 e. The second kappa shape index (κ2) is 9.66. The highest BCUT2D eigenvalue weighted by atomic mass is 35.5. The van der Waals surface area contributed by atoms with Gasteiger partial charge in [0.25, 0.3) is 0 Å². The lowest BCUT2D eigenvalue weighted by Gasteiger charge is -2.34. The molecule has 0 unspecified atom stereocenters. The van der Waals surface area contributed by atoms with Crippen LogP contribution in [-0.4, -0.2) is 55.8 Å². The predicted octanol–water partition coefficient (Wildman–Crippen LogP) is 2.87. The summed E-state index contributed by atoms with van der Waals surface area (Å²) in [7, 11) is 0. The van der Waals surface area contributed by atoms with E-state index in [0.29, 0.717) is 6.54 Å². The van der Waals surface area contributed by atoms with Crippen molar-refractivity contribution in [3.63, 3.8) is 0 Å². The third-order valence-corrected chi connectivity index (χ3v) is 5.82. The fourth-order valence-corrected chi connectivity index (χ4v) is 4.40. The van der Waals surface area contributed by atoms with Gasteiger partial charge in [0.15, 0.2) is 0 Å². The van der Waals surface area contributed by atoms with E-state index in [0.717, 1.165) is 50.1 Å². The Morgan fingerprint density at radius 3 is 2.75 bits per heavy atom. The van der Waals surface area contributed by atoms with E-state index in [1.54, 1.807) is 0 Å². The first-order valence-electron chi connectivity index (χ1n) is 8.73. The van der Waals surface area contributed by atoms with E-state index in [2.05, 4.69) is 35.3 Å². The molecule has 1 aromatic rings. The maximum absolute atomic E-state index is 12.7. The Balaban J connectivity index is 0.00000208. The minimum atomic E-state index is 0. The number of hydrogen-bond donors (Lipinski definition) is 1. The number of para-hydroxylation sites is 1. The maximum Gasteiger partial charge on any atom is 0.241 e. The van der Waals surface area contributed by atoms with Crippen molar-refractivity contribution in [3.8, 4) is 0 Å². The number of anilines is 1. The highest BCUT2D eigenvalue weighted by molar-refractivity contribution is 7.99. The number of nitrogens with one attached hydrogen (secondary N) is 1. The summed E-state index contributed by atoms with van der Waals surface area (Å²) < 4.78 is 0. The van der Waals surface area contributed by atoms with E-state index in [1.807, 2.05) is 22.7 Å². The summed E-state index contributed by atoms with van der Waals surface area (Å²) in [5.74, 6) is 2.02. The van der Waals surface area contributed by atoms with Crippen molar-refractivity contribution in [2.24, 2.45) is 5.92 Å². The topological polar surface area (TPSA) is 35.6 Å². The lowest BCUT2D eigenvalue weighted by molar-refractivity contribution is -0.120. The van der Waals surface area contributed by atoms with Gasteiger partial charge in [0, 0.05) is 17.2 Å². The summed E-state index contributed by atoms with van der Waals surface area (Å²) in [4.78, 5) is 18.3. The number of nitrogens with zero attached hydrogens (tertiary/aromatic N) is 2. The van der Waals surface area contributed by atoms with E-state index in [-0.39, 0.29) is 18.3 Å². The molecule has 24 heavy (non-hydrogen) atoms. The minimum Gasteiger partial charge on any atom is -0.317 e. The monoisotopic (exact) mass is 369 g/mol. The SMILES string of the molecule is CCNCC1CCN(CC(=O)N2CCSc3ccccc32)CC1.Cl. The van der Waals surface area contributed by atoms with Crippen LogP contribution < -0.4 is 10.2 Å². The van der Waals surface area contributed by atoms with Crippen LogP contribution in [0.2, 0.25) is 0 Å². The summed E-state index contributed by atoms with van der Waals surface area (Å²) in [6.45, 7) is 7.81. The van der Waals surface area contributed by atoms with Gasteiger partial charge in [0.05, 0.1) is 12.2 Å². The Morgan fingerprint density at radius 2 is 2.00 bits per heavy atom. The average Bonchev–Trinajstić information content (AvgIpc) is 2.60. The molecule has 0 saturated carbocycles. The Bertz CT molecular complexity index is 535. The van der Waals surface area contributed by atoms with Gasteiger partial charge in [0.2, 0.25) is 5.91 Å². The van der Waals surface area contributed by atoms with Crippen LogP contribution in [0.1, 0.15) is 19.8 Å². The predicted molar refractivity (Wildman–Crippen MR) is 104 cm³/mol. The Kier molecular flexibility index (Phi) is 7.88. The molecule has 3 rings (SSSR count). The Hall–Kier alpha value is -0.750. The van der Waals surface area contributed by atoms with E-state index in [9.17, 15) is 4.79 Å². The molecular weight excluding hydrogens is 342 g/mol. The molecule has 1 N–H and O–H groups in total. The van der Waals surface area contributed by atoms with Crippen molar-refractivity contribution in [1.29, 1.82) is 0 Å². The molecule has 0 radical (unpaired) electrons. The molecule has 0 bridgehead atoms. The lowest BCUT2D eigenvalue weighted by Crippen LogP contribution is -2.46. The number of hydrogen-bond acceptors (Lipinski definition) is 4. The highest BCUT2D eigenvalue weighted by Crippen LogP contribution is 2.34. The molecule has 2 aliphatic rings. The Morgan fingerprint density at radius 1 is 1.25 bits per heavy atom. The van der Waals surface area contributed by atoms with Crippen LogP contribution in [0.5, 0.6) is 0 Å². The third kappa shape index (κ3) is 4.88. The molecule has 1 fully saturated rings. The zero-order chi connectivity index (χ0) is 16.1. The van der Waals surface area contributed by atoms with E-state index < -0.39 is 0 Å². The second-order valence-electron chi connectivity index (χ2n) is 6.39. The van der Waals surface area contributed by atoms with Gasteiger partial charge >= 0.3 is 0 Å². The number of carbonyl (C=O) groups is 1. The molecule has 0 atom stereocenters. The van der Waals surface area contributed by atoms with Gasteiger partial charge in [-0.2, -0.15) is 0 Å². The van der Waals surface area contributed by atoms with Crippen LogP contribution >= 0.6 is 24.2 Å². The number of amides is 1. The fourth-order valence-electron chi connectivity index (χ4n) is 3.40. The first-order valence-corrected chi connectivity index (χ1v) is 9.71. The van der Waals surface area contributed by atoms with Gasteiger partial charge in [0.1, 0.15) is 0 Å².